The van der Waals surface area contributed by atoms with Gasteiger partial charge in [-0.3, -0.25) is 14.3 Å². The summed E-state index contributed by atoms with van der Waals surface area (Å²) < 4.78 is 24.0. The average molecular weight is 620 g/mol. The number of oxazole rings is 1. The van der Waals surface area contributed by atoms with Crippen molar-refractivity contribution < 1.29 is 28.2 Å². The van der Waals surface area contributed by atoms with E-state index in [4.69, 9.17) is 18.6 Å². The van der Waals surface area contributed by atoms with Crippen molar-refractivity contribution in [1.29, 1.82) is 5.26 Å². The van der Waals surface area contributed by atoms with Crippen LogP contribution in [0.5, 0.6) is 0 Å². The normalized spacial score (nSPS) is 20.3. The van der Waals surface area contributed by atoms with Crippen LogP contribution in [0.25, 0.3) is 22.2 Å². The molecule has 1 aromatic heterocycles. The number of rotatable bonds is 7. The van der Waals surface area contributed by atoms with Gasteiger partial charge in [0.1, 0.15) is 11.6 Å². The number of hydrogen-bond acceptors (Lipinski definition) is 9. The summed E-state index contributed by atoms with van der Waals surface area (Å²) in [6.07, 6.45) is -0.526. The molecule has 12 heteroatoms. The number of amides is 2. The molecule has 0 bridgehead atoms. The maximum Gasteiger partial charge on any atom is 0.420 e. The number of carbonyl (C=O) groups excluding carboxylic acids is 2. The highest BCUT2D eigenvalue weighted by atomic mass is 16.6. The number of morpholine rings is 1. The van der Waals surface area contributed by atoms with Crippen LogP contribution >= 0.6 is 0 Å². The molecule has 2 amide bonds. The lowest BCUT2D eigenvalue weighted by Gasteiger charge is -2.32. The summed E-state index contributed by atoms with van der Waals surface area (Å²) in [6, 6.07) is 14.8. The monoisotopic (exact) mass is 619 g/mol. The third-order valence-corrected chi connectivity index (χ3v) is 8.00. The van der Waals surface area contributed by atoms with Gasteiger partial charge in [0.15, 0.2) is 11.7 Å². The lowest BCUT2D eigenvalue weighted by molar-refractivity contribution is -0.133. The summed E-state index contributed by atoms with van der Waals surface area (Å²) in [6.45, 7) is 8.67. The molecule has 0 spiro atoms. The fraction of sp³-hybridized carbons (Fsp3) is 0.515. The summed E-state index contributed by atoms with van der Waals surface area (Å²) in [7, 11) is 2.03. The highest BCUT2D eigenvalue weighted by molar-refractivity contribution is 5.83. The largest absolute Gasteiger partial charge is 0.444 e. The number of nitrogens with one attached hydrogen (secondary N) is 1. The first-order valence-corrected chi connectivity index (χ1v) is 15.3. The fourth-order valence-electron chi connectivity index (χ4n) is 5.49. The van der Waals surface area contributed by atoms with Gasteiger partial charge in [-0.1, -0.05) is 30.3 Å². The van der Waals surface area contributed by atoms with E-state index in [9.17, 15) is 19.6 Å². The lowest BCUT2D eigenvalue weighted by Crippen LogP contribution is -2.48. The number of nitrogens with zero attached hydrogens (tertiary/aromatic N) is 4. The molecule has 2 fully saturated rings. The highest BCUT2D eigenvalue weighted by Gasteiger charge is 2.31. The summed E-state index contributed by atoms with van der Waals surface area (Å²) in [4.78, 5) is 42.0. The second-order valence-corrected chi connectivity index (χ2v) is 12.6. The van der Waals surface area contributed by atoms with Gasteiger partial charge in [-0.15, -0.1) is 0 Å². The number of aromatic nitrogens is 1. The van der Waals surface area contributed by atoms with Crippen molar-refractivity contribution in [3.05, 3.63) is 58.6 Å². The zero-order chi connectivity index (χ0) is 32.1. The maximum atomic E-state index is 13.1. The zero-order valence-electron chi connectivity index (χ0n) is 26.3. The van der Waals surface area contributed by atoms with Crippen LogP contribution in [0.2, 0.25) is 0 Å². The van der Waals surface area contributed by atoms with Crippen LogP contribution in [0.15, 0.2) is 51.7 Å². The molecule has 3 heterocycles. The quantitative estimate of drug-likeness (QED) is 0.423. The standard InChI is InChI=1S/C33H41N5O7/c1-33(2,3)45-31(40)37-12-5-14-43-29(20-37)30(39)35-25(18-34)16-22-6-8-23(9-7-22)24-10-11-28-27(17-24)38(32(41)44-28)19-26-21-42-15-13-36(26)4/h6-11,17,25-26,29H,5,12-16,19-21H2,1-4H3,(H,35,39)/t25-,26-,29-/m0/s1. The molecule has 2 saturated heterocycles. The Balaban J connectivity index is 1.23. The van der Waals surface area contributed by atoms with Gasteiger partial charge in [0.25, 0.3) is 5.91 Å². The molecule has 240 valence electrons. The molecule has 3 aromatic rings. The molecular formula is C33H41N5O7. The third-order valence-electron chi connectivity index (χ3n) is 8.00. The van der Waals surface area contributed by atoms with E-state index in [1.807, 2.05) is 43.4 Å². The Kier molecular flexibility index (Phi) is 9.92. The van der Waals surface area contributed by atoms with Crippen molar-refractivity contribution in [3.63, 3.8) is 0 Å². The Morgan fingerprint density at radius 2 is 1.87 bits per heavy atom. The first-order chi connectivity index (χ1) is 21.5. The predicted molar refractivity (Wildman–Crippen MR) is 167 cm³/mol. The Labute approximate surface area is 262 Å². The van der Waals surface area contributed by atoms with Crippen LogP contribution in [-0.2, 0) is 32.0 Å². The van der Waals surface area contributed by atoms with Crippen molar-refractivity contribution in [2.45, 2.75) is 63.9 Å². The maximum absolute atomic E-state index is 13.1. The van der Waals surface area contributed by atoms with E-state index in [1.165, 1.54) is 4.90 Å². The Bertz CT molecular complexity index is 1600. The molecule has 45 heavy (non-hydrogen) atoms. The van der Waals surface area contributed by atoms with Crippen molar-refractivity contribution in [3.8, 4) is 17.2 Å². The molecule has 3 atom stereocenters. The van der Waals surface area contributed by atoms with Gasteiger partial charge < -0.3 is 28.8 Å². The van der Waals surface area contributed by atoms with E-state index in [0.717, 1.165) is 28.8 Å². The van der Waals surface area contributed by atoms with Crippen molar-refractivity contribution in [1.82, 2.24) is 19.7 Å². The van der Waals surface area contributed by atoms with Gasteiger partial charge in [0.2, 0.25) is 0 Å². The summed E-state index contributed by atoms with van der Waals surface area (Å²) in [5.41, 5.74) is 3.31. The topological polar surface area (TPSA) is 139 Å². The molecule has 0 unspecified atom stereocenters. The smallest absolute Gasteiger partial charge is 0.420 e. The second-order valence-electron chi connectivity index (χ2n) is 12.6. The van der Waals surface area contributed by atoms with Crippen LogP contribution in [0.4, 0.5) is 4.79 Å². The molecule has 0 aliphatic carbocycles. The van der Waals surface area contributed by atoms with Gasteiger partial charge in [-0.05, 0) is 63.1 Å². The molecule has 2 aromatic carbocycles. The molecular weight excluding hydrogens is 578 g/mol. The molecule has 2 aliphatic heterocycles. The van der Waals surface area contributed by atoms with Crippen molar-refractivity contribution in [2.24, 2.45) is 0 Å². The molecule has 0 saturated carbocycles. The number of benzene rings is 2. The zero-order valence-corrected chi connectivity index (χ0v) is 26.3. The van der Waals surface area contributed by atoms with E-state index in [2.05, 4.69) is 16.3 Å². The van der Waals surface area contributed by atoms with Gasteiger partial charge in [-0.25, -0.2) is 9.59 Å². The minimum atomic E-state index is -0.903. The van der Waals surface area contributed by atoms with Crippen LogP contribution in [-0.4, -0.2) is 96.7 Å². The highest BCUT2D eigenvalue weighted by Crippen LogP contribution is 2.25. The molecule has 5 rings (SSSR count). The Morgan fingerprint density at radius 3 is 2.58 bits per heavy atom. The minimum absolute atomic E-state index is 0.0492. The SMILES string of the molecule is CN1CCOC[C@@H]1Cn1c(=O)oc2ccc(-c3ccc(C[C@@H](C#N)NC(=O)[C@@H]4CN(C(=O)OC(C)(C)C)CCCO4)cc3)cc21. The number of carbonyl (C=O) groups is 2. The first kappa shape index (κ1) is 32.2. The Hall–Kier alpha value is -4.18. The number of hydrogen-bond donors (Lipinski definition) is 1. The Morgan fingerprint density at radius 1 is 1.11 bits per heavy atom. The number of likely N-dealkylation sites (N-methyl/N-ethyl adjacent to an activating group) is 1. The summed E-state index contributed by atoms with van der Waals surface area (Å²) in [5.74, 6) is -0.841. The lowest BCUT2D eigenvalue weighted by atomic mass is 10.0. The van der Waals surface area contributed by atoms with Crippen molar-refractivity contribution in [2.75, 3.05) is 46.5 Å². The fourth-order valence-corrected chi connectivity index (χ4v) is 5.49. The number of nitriles is 1. The van der Waals surface area contributed by atoms with Gasteiger partial charge in [0.05, 0.1) is 37.4 Å². The van der Waals surface area contributed by atoms with E-state index in [0.29, 0.717) is 51.3 Å². The van der Waals surface area contributed by atoms with E-state index in [1.54, 1.807) is 31.4 Å². The summed E-state index contributed by atoms with van der Waals surface area (Å²) >= 11 is 0. The van der Waals surface area contributed by atoms with E-state index < -0.39 is 35.5 Å². The molecule has 12 nitrogen and oxygen atoms in total. The number of ether oxygens (including phenoxy) is 3. The van der Waals surface area contributed by atoms with Gasteiger partial charge in [0, 0.05) is 32.7 Å². The van der Waals surface area contributed by atoms with Crippen LogP contribution in [0, 0.1) is 11.3 Å². The van der Waals surface area contributed by atoms with Crippen LogP contribution in [0.1, 0.15) is 32.8 Å². The molecule has 0 radical (unpaired) electrons. The van der Waals surface area contributed by atoms with Gasteiger partial charge >= 0.3 is 11.8 Å². The second kappa shape index (κ2) is 13.9. The van der Waals surface area contributed by atoms with Crippen LogP contribution in [0.3, 0.4) is 0 Å². The van der Waals surface area contributed by atoms with Crippen molar-refractivity contribution >= 4 is 23.1 Å². The van der Waals surface area contributed by atoms with Gasteiger partial charge in [-0.2, -0.15) is 5.26 Å². The van der Waals surface area contributed by atoms with E-state index in [-0.39, 0.29) is 12.6 Å². The minimum Gasteiger partial charge on any atom is -0.444 e. The third kappa shape index (κ3) is 8.11. The average Bonchev–Trinajstić information content (AvgIpc) is 3.15. The molecule has 1 N–H and O–H groups in total. The number of fused-ring (bicyclic) bond motifs is 1. The first-order valence-electron chi connectivity index (χ1n) is 15.3. The molecule has 2 aliphatic rings. The summed E-state index contributed by atoms with van der Waals surface area (Å²) in [5, 5.41) is 12.6. The van der Waals surface area contributed by atoms with E-state index >= 15 is 0 Å². The predicted octanol–water partition coefficient (Wildman–Crippen LogP) is 3.17. The van der Waals surface area contributed by atoms with Crippen LogP contribution < -0.4 is 11.1 Å².